The summed E-state index contributed by atoms with van der Waals surface area (Å²) in [6.45, 7) is 2.50. The third-order valence-corrected chi connectivity index (χ3v) is 5.73. The Bertz CT molecular complexity index is 1190. The SMILES string of the molecule is CCc1noc(COC(=O)c2ccc(NS(=O)(=O)c3ccc4c(c3)OCCO4)cc2)n1. The summed E-state index contributed by atoms with van der Waals surface area (Å²) < 4.78 is 48.7. The fourth-order valence-electron chi connectivity index (χ4n) is 2.78. The van der Waals surface area contributed by atoms with Crippen LogP contribution in [-0.4, -0.2) is 37.7 Å². The van der Waals surface area contributed by atoms with Gasteiger partial charge in [0.05, 0.1) is 10.5 Å². The molecule has 1 aromatic heterocycles. The maximum Gasteiger partial charge on any atom is 0.338 e. The van der Waals surface area contributed by atoms with Crippen molar-refractivity contribution in [3.8, 4) is 11.5 Å². The van der Waals surface area contributed by atoms with Gasteiger partial charge in [-0.1, -0.05) is 12.1 Å². The summed E-state index contributed by atoms with van der Waals surface area (Å²) in [6, 6.07) is 10.2. The van der Waals surface area contributed by atoms with Crippen LogP contribution in [0.4, 0.5) is 5.69 Å². The molecule has 11 heteroatoms. The average molecular weight is 445 g/mol. The van der Waals surface area contributed by atoms with Crippen molar-refractivity contribution in [2.24, 2.45) is 0 Å². The molecule has 0 bridgehead atoms. The van der Waals surface area contributed by atoms with E-state index in [1.807, 2.05) is 6.92 Å². The fourth-order valence-corrected chi connectivity index (χ4v) is 3.86. The maximum atomic E-state index is 12.7. The lowest BCUT2D eigenvalue weighted by Crippen LogP contribution is -2.17. The molecule has 0 saturated heterocycles. The van der Waals surface area contributed by atoms with E-state index in [0.29, 0.717) is 37.0 Å². The molecule has 0 saturated carbocycles. The molecule has 1 N–H and O–H groups in total. The van der Waals surface area contributed by atoms with Gasteiger partial charge < -0.3 is 18.7 Å². The average Bonchev–Trinajstić information content (AvgIpc) is 3.25. The van der Waals surface area contributed by atoms with Crippen LogP contribution in [0.25, 0.3) is 0 Å². The number of aryl methyl sites for hydroxylation is 1. The topological polar surface area (TPSA) is 130 Å². The van der Waals surface area contributed by atoms with E-state index >= 15 is 0 Å². The quantitative estimate of drug-likeness (QED) is 0.545. The summed E-state index contributed by atoms with van der Waals surface area (Å²) in [7, 11) is -3.86. The lowest BCUT2D eigenvalue weighted by atomic mass is 10.2. The van der Waals surface area contributed by atoms with Crippen molar-refractivity contribution in [3.05, 3.63) is 59.7 Å². The summed E-state index contributed by atoms with van der Waals surface area (Å²) in [6.07, 6.45) is 0.612. The fraction of sp³-hybridized carbons (Fsp3) is 0.250. The number of esters is 1. The number of carbonyl (C=O) groups excluding carboxylic acids is 1. The van der Waals surface area contributed by atoms with Crippen molar-refractivity contribution in [2.75, 3.05) is 17.9 Å². The number of nitrogens with one attached hydrogen (secondary N) is 1. The Kier molecular flexibility index (Phi) is 5.76. The normalized spacial score (nSPS) is 12.9. The molecule has 0 unspecified atom stereocenters. The molecular weight excluding hydrogens is 426 g/mol. The Morgan fingerprint density at radius 1 is 1.10 bits per heavy atom. The van der Waals surface area contributed by atoms with Crippen LogP contribution in [0.3, 0.4) is 0 Å². The Balaban J connectivity index is 1.40. The summed E-state index contributed by atoms with van der Waals surface area (Å²) in [4.78, 5) is 16.3. The first-order valence-electron chi connectivity index (χ1n) is 9.46. The van der Waals surface area contributed by atoms with Gasteiger partial charge >= 0.3 is 5.97 Å². The summed E-state index contributed by atoms with van der Waals surface area (Å²) >= 11 is 0. The molecule has 0 radical (unpaired) electrons. The molecule has 4 rings (SSSR count). The van der Waals surface area contributed by atoms with Crippen LogP contribution in [0.1, 0.15) is 29.0 Å². The van der Waals surface area contributed by atoms with Crippen LogP contribution in [-0.2, 0) is 27.8 Å². The lowest BCUT2D eigenvalue weighted by Gasteiger charge is -2.19. The summed E-state index contributed by atoms with van der Waals surface area (Å²) in [5.41, 5.74) is 0.536. The maximum absolute atomic E-state index is 12.7. The minimum absolute atomic E-state index is 0.0336. The number of aromatic nitrogens is 2. The molecule has 162 valence electrons. The zero-order valence-corrected chi connectivity index (χ0v) is 17.3. The van der Waals surface area contributed by atoms with Gasteiger partial charge in [-0.05, 0) is 36.4 Å². The van der Waals surface area contributed by atoms with Crippen LogP contribution < -0.4 is 14.2 Å². The first-order chi connectivity index (χ1) is 14.9. The number of fused-ring (bicyclic) bond motifs is 1. The Morgan fingerprint density at radius 2 is 1.84 bits per heavy atom. The van der Waals surface area contributed by atoms with Crippen molar-refractivity contribution in [2.45, 2.75) is 24.8 Å². The van der Waals surface area contributed by atoms with E-state index in [-0.39, 0.29) is 28.6 Å². The second-order valence-electron chi connectivity index (χ2n) is 6.52. The molecule has 0 aliphatic carbocycles. The zero-order chi connectivity index (χ0) is 21.8. The molecule has 0 atom stereocenters. The minimum atomic E-state index is -3.86. The van der Waals surface area contributed by atoms with Crippen molar-refractivity contribution in [1.82, 2.24) is 10.1 Å². The zero-order valence-electron chi connectivity index (χ0n) is 16.5. The van der Waals surface area contributed by atoms with E-state index in [1.165, 1.54) is 36.4 Å². The molecule has 2 heterocycles. The van der Waals surface area contributed by atoms with E-state index in [4.69, 9.17) is 18.7 Å². The molecule has 0 amide bonds. The smallest absolute Gasteiger partial charge is 0.338 e. The van der Waals surface area contributed by atoms with Crippen LogP contribution in [0, 0.1) is 0 Å². The molecule has 31 heavy (non-hydrogen) atoms. The summed E-state index contributed by atoms with van der Waals surface area (Å²) in [5, 5.41) is 3.72. The highest BCUT2D eigenvalue weighted by Crippen LogP contribution is 2.32. The van der Waals surface area contributed by atoms with Gasteiger partial charge in [-0.15, -0.1) is 0 Å². The van der Waals surface area contributed by atoms with Gasteiger partial charge in [-0.3, -0.25) is 4.72 Å². The van der Waals surface area contributed by atoms with Crippen molar-refractivity contribution < 1.29 is 31.9 Å². The predicted octanol–water partition coefficient (Wildman–Crippen LogP) is 2.56. The number of hydrogen-bond donors (Lipinski definition) is 1. The largest absolute Gasteiger partial charge is 0.486 e. The van der Waals surface area contributed by atoms with Crippen LogP contribution in [0.5, 0.6) is 11.5 Å². The Hall–Kier alpha value is -3.60. The van der Waals surface area contributed by atoms with Gasteiger partial charge in [0.25, 0.3) is 15.9 Å². The molecule has 3 aromatic rings. The predicted molar refractivity (Wildman–Crippen MR) is 107 cm³/mol. The number of benzene rings is 2. The number of ether oxygens (including phenoxy) is 3. The third-order valence-electron chi connectivity index (χ3n) is 4.35. The van der Waals surface area contributed by atoms with Crippen molar-refractivity contribution >= 4 is 21.7 Å². The summed E-state index contributed by atoms with van der Waals surface area (Å²) in [5.74, 6) is 1.01. The second-order valence-corrected chi connectivity index (χ2v) is 8.20. The van der Waals surface area contributed by atoms with E-state index < -0.39 is 16.0 Å². The number of anilines is 1. The lowest BCUT2D eigenvalue weighted by molar-refractivity contribution is 0.0430. The van der Waals surface area contributed by atoms with Crippen LogP contribution in [0.15, 0.2) is 51.9 Å². The molecule has 1 aliphatic heterocycles. The number of sulfonamides is 1. The molecule has 2 aromatic carbocycles. The minimum Gasteiger partial charge on any atom is -0.486 e. The first kappa shape index (κ1) is 20.7. The number of nitrogens with zero attached hydrogens (tertiary/aromatic N) is 2. The van der Waals surface area contributed by atoms with Gasteiger partial charge in [0, 0.05) is 18.2 Å². The standard InChI is InChI=1S/C20H19N3O7S/c1-2-18-21-19(30-22-18)12-29-20(24)13-3-5-14(6-4-13)23-31(25,26)15-7-8-16-17(11-15)28-10-9-27-16/h3-8,11,23H,2,9-10,12H2,1H3. The van der Waals surface area contributed by atoms with Gasteiger partial charge in [0.15, 0.2) is 23.9 Å². The molecule has 10 nitrogen and oxygen atoms in total. The monoisotopic (exact) mass is 445 g/mol. The van der Waals surface area contributed by atoms with E-state index in [9.17, 15) is 13.2 Å². The number of carbonyl (C=O) groups is 1. The third kappa shape index (κ3) is 4.77. The highest BCUT2D eigenvalue weighted by molar-refractivity contribution is 7.92. The first-order valence-corrected chi connectivity index (χ1v) is 10.9. The molecule has 0 spiro atoms. The van der Waals surface area contributed by atoms with Crippen molar-refractivity contribution in [1.29, 1.82) is 0 Å². The molecular formula is C20H19N3O7S. The number of rotatable bonds is 7. The van der Waals surface area contributed by atoms with Crippen molar-refractivity contribution in [3.63, 3.8) is 0 Å². The van der Waals surface area contributed by atoms with Crippen LogP contribution in [0.2, 0.25) is 0 Å². The van der Waals surface area contributed by atoms with Gasteiger partial charge in [0.1, 0.15) is 13.2 Å². The molecule has 1 aliphatic rings. The van der Waals surface area contributed by atoms with Gasteiger partial charge in [-0.2, -0.15) is 4.98 Å². The van der Waals surface area contributed by atoms with E-state index in [2.05, 4.69) is 14.9 Å². The molecule has 0 fully saturated rings. The van der Waals surface area contributed by atoms with Gasteiger partial charge in [0.2, 0.25) is 0 Å². The van der Waals surface area contributed by atoms with E-state index in [0.717, 1.165) is 0 Å². The van der Waals surface area contributed by atoms with Crippen LogP contribution >= 0.6 is 0 Å². The van der Waals surface area contributed by atoms with Gasteiger partial charge in [-0.25, -0.2) is 13.2 Å². The van der Waals surface area contributed by atoms with E-state index in [1.54, 1.807) is 6.07 Å². The number of hydrogen-bond acceptors (Lipinski definition) is 9. The Morgan fingerprint density at radius 3 is 2.55 bits per heavy atom. The highest BCUT2D eigenvalue weighted by Gasteiger charge is 2.20. The Labute approximate surface area is 178 Å². The highest BCUT2D eigenvalue weighted by atomic mass is 32.2. The second kappa shape index (κ2) is 8.64.